The van der Waals surface area contributed by atoms with Crippen LogP contribution in [0.15, 0.2) is 59.3 Å². The van der Waals surface area contributed by atoms with Gasteiger partial charge in [-0.15, -0.1) is 0 Å². The topological polar surface area (TPSA) is 97.1 Å². The predicted molar refractivity (Wildman–Crippen MR) is 124 cm³/mol. The quantitative estimate of drug-likeness (QED) is 0.412. The van der Waals surface area contributed by atoms with Gasteiger partial charge in [-0.2, -0.15) is 13.2 Å². The van der Waals surface area contributed by atoms with Crippen molar-refractivity contribution in [2.45, 2.75) is 38.5 Å². The number of carbonyl (C=O) groups excluding carboxylic acids is 2. The second-order valence-corrected chi connectivity index (χ2v) is 8.72. The van der Waals surface area contributed by atoms with Crippen LogP contribution in [0.3, 0.4) is 0 Å². The van der Waals surface area contributed by atoms with Crippen molar-refractivity contribution in [2.24, 2.45) is 0 Å². The maximum atomic E-state index is 12.9. The summed E-state index contributed by atoms with van der Waals surface area (Å²) in [6.07, 6.45) is -1.78. The van der Waals surface area contributed by atoms with Crippen molar-refractivity contribution in [3.05, 3.63) is 94.3 Å². The van der Waals surface area contributed by atoms with Crippen LogP contribution in [-0.4, -0.2) is 21.8 Å². The molecule has 1 atom stereocenters. The van der Waals surface area contributed by atoms with Crippen molar-refractivity contribution in [1.29, 1.82) is 0 Å². The number of hydrogen-bond donors (Lipinski definition) is 2. The summed E-state index contributed by atoms with van der Waals surface area (Å²) in [4.78, 5) is 33.4. The van der Waals surface area contributed by atoms with Crippen molar-refractivity contribution in [1.82, 2.24) is 20.6 Å². The first-order valence-corrected chi connectivity index (χ1v) is 11.3. The fourth-order valence-electron chi connectivity index (χ4n) is 4.33. The van der Waals surface area contributed by atoms with Gasteiger partial charge in [0.2, 0.25) is 5.76 Å². The Labute approximate surface area is 203 Å². The van der Waals surface area contributed by atoms with E-state index in [9.17, 15) is 22.8 Å². The van der Waals surface area contributed by atoms with E-state index in [-0.39, 0.29) is 29.6 Å². The van der Waals surface area contributed by atoms with E-state index < -0.39 is 23.8 Å². The number of hydrogen-bond acceptors (Lipinski definition) is 5. The number of amides is 2. The molecule has 0 aliphatic heterocycles. The van der Waals surface area contributed by atoms with Crippen LogP contribution in [0.1, 0.15) is 61.5 Å². The summed E-state index contributed by atoms with van der Waals surface area (Å²) in [5, 5.41) is 5.93. The Kier molecular flexibility index (Phi) is 5.95. The molecule has 0 unspecified atom stereocenters. The van der Waals surface area contributed by atoms with E-state index in [0.717, 1.165) is 30.8 Å². The molecule has 36 heavy (non-hydrogen) atoms. The first-order valence-electron chi connectivity index (χ1n) is 11.3. The van der Waals surface area contributed by atoms with E-state index in [1.165, 1.54) is 29.3 Å². The lowest BCUT2D eigenvalue weighted by Gasteiger charge is -2.14. The highest BCUT2D eigenvalue weighted by Gasteiger charge is 2.35. The van der Waals surface area contributed by atoms with Crippen LogP contribution in [0.5, 0.6) is 0 Å². The number of carbonyl (C=O) groups is 2. The third-order valence-electron chi connectivity index (χ3n) is 6.13. The van der Waals surface area contributed by atoms with E-state index >= 15 is 0 Å². The molecule has 2 aromatic carbocycles. The van der Waals surface area contributed by atoms with Crippen LogP contribution in [0.2, 0.25) is 0 Å². The van der Waals surface area contributed by atoms with Gasteiger partial charge in [0.1, 0.15) is 23.3 Å². The van der Waals surface area contributed by atoms with Gasteiger partial charge in [0.25, 0.3) is 11.8 Å². The number of alkyl halides is 3. The van der Waals surface area contributed by atoms with Gasteiger partial charge in [0.15, 0.2) is 0 Å². The highest BCUT2D eigenvalue weighted by atomic mass is 19.4. The number of fused-ring (bicyclic) bond motifs is 2. The molecule has 10 heteroatoms. The summed E-state index contributed by atoms with van der Waals surface area (Å²) in [6, 6.07) is 12.8. The maximum Gasteiger partial charge on any atom is 0.449 e. The monoisotopic (exact) mass is 494 g/mol. The number of aryl methyl sites for hydroxylation is 2. The van der Waals surface area contributed by atoms with Crippen LogP contribution in [0, 0.1) is 6.92 Å². The fourth-order valence-corrected chi connectivity index (χ4v) is 4.33. The van der Waals surface area contributed by atoms with Crippen molar-refractivity contribution >= 4 is 22.8 Å². The lowest BCUT2D eigenvalue weighted by molar-refractivity contribution is -0.152. The molecule has 1 aliphatic carbocycles. The van der Waals surface area contributed by atoms with E-state index in [2.05, 4.69) is 26.7 Å². The SMILES string of the molecule is Cc1ccc2c(c1)CC[C@H]2NC(=O)c1cc(C(=O)NCc2ccc3cc(C(F)(F)F)oc3c2)ncn1. The molecule has 7 nitrogen and oxygen atoms in total. The highest BCUT2D eigenvalue weighted by Crippen LogP contribution is 2.34. The molecule has 0 fully saturated rings. The minimum absolute atomic E-state index is 0.00367. The first-order chi connectivity index (χ1) is 17.2. The Balaban J connectivity index is 1.24. The van der Waals surface area contributed by atoms with Gasteiger partial charge in [-0.3, -0.25) is 9.59 Å². The smallest absolute Gasteiger partial charge is 0.449 e. The lowest BCUT2D eigenvalue weighted by Crippen LogP contribution is -2.29. The summed E-state index contributed by atoms with van der Waals surface area (Å²) in [7, 11) is 0. The van der Waals surface area contributed by atoms with Crippen LogP contribution >= 0.6 is 0 Å². The van der Waals surface area contributed by atoms with E-state index in [0.29, 0.717) is 10.9 Å². The van der Waals surface area contributed by atoms with Crippen LogP contribution in [0.25, 0.3) is 11.0 Å². The Morgan fingerprint density at radius 2 is 1.81 bits per heavy atom. The molecule has 184 valence electrons. The summed E-state index contributed by atoms with van der Waals surface area (Å²) in [5.41, 5.74) is 4.13. The molecule has 0 bridgehead atoms. The van der Waals surface area contributed by atoms with Crippen molar-refractivity contribution in [2.75, 3.05) is 0 Å². The normalized spacial score (nSPS) is 15.1. The van der Waals surface area contributed by atoms with Crippen molar-refractivity contribution in [3.8, 4) is 0 Å². The van der Waals surface area contributed by atoms with Gasteiger partial charge in [0, 0.05) is 18.0 Å². The predicted octanol–water partition coefficient (Wildman–Crippen LogP) is 4.90. The number of furan rings is 1. The highest BCUT2D eigenvalue weighted by molar-refractivity contribution is 5.97. The molecule has 0 spiro atoms. The minimum Gasteiger partial charge on any atom is -0.451 e. The third-order valence-corrected chi connectivity index (χ3v) is 6.13. The van der Waals surface area contributed by atoms with E-state index in [1.54, 1.807) is 6.07 Å². The van der Waals surface area contributed by atoms with Gasteiger partial charge in [0.05, 0.1) is 6.04 Å². The lowest BCUT2D eigenvalue weighted by atomic mass is 10.1. The average molecular weight is 494 g/mol. The van der Waals surface area contributed by atoms with Gasteiger partial charge in [-0.25, -0.2) is 9.97 Å². The van der Waals surface area contributed by atoms with Gasteiger partial charge < -0.3 is 15.1 Å². The number of aromatic nitrogens is 2. The fraction of sp³-hybridized carbons (Fsp3) is 0.231. The summed E-state index contributed by atoms with van der Waals surface area (Å²) < 4.78 is 43.5. The Bertz CT molecular complexity index is 1480. The van der Waals surface area contributed by atoms with Gasteiger partial charge >= 0.3 is 6.18 Å². The molecular formula is C26H21F3N4O3. The zero-order chi connectivity index (χ0) is 25.4. The summed E-state index contributed by atoms with van der Waals surface area (Å²) in [5.74, 6) is -2.04. The number of nitrogens with one attached hydrogen (secondary N) is 2. The number of halogens is 3. The van der Waals surface area contributed by atoms with Crippen molar-refractivity contribution in [3.63, 3.8) is 0 Å². The molecule has 2 amide bonds. The van der Waals surface area contributed by atoms with Crippen LogP contribution in [-0.2, 0) is 19.1 Å². The first kappa shape index (κ1) is 23.5. The standard InChI is InChI=1S/C26H21F3N4O3/c1-14-2-6-18-16(8-14)5-7-19(18)33-25(35)21-11-20(31-13-32-21)24(34)30-12-15-3-4-17-10-23(26(27,28)29)36-22(17)9-15/h2-4,6,8-11,13,19H,5,7,12H2,1H3,(H,30,34)(H,33,35)/t19-/m1/s1. The molecule has 5 rings (SSSR count). The van der Waals surface area contributed by atoms with E-state index in [4.69, 9.17) is 4.42 Å². The molecule has 0 saturated carbocycles. The van der Waals surface area contributed by atoms with Gasteiger partial charge in [-0.1, -0.05) is 35.9 Å². The van der Waals surface area contributed by atoms with Crippen LogP contribution in [0.4, 0.5) is 13.2 Å². The summed E-state index contributed by atoms with van der Waals surface area (Å²) in [6.45, 7) is 2.05. The zero-order valence-electron chi connectivity index (χ0n) is 19.1. The Morgan fingerprint density at radius 3 is 2.58 bits per heavy atom. The molecule has 2 heterocycles. The Morgan fingerprint density at radius 1 is 1.03 bits per heavy atom. The molecule has 2 aromatic heterocycles. The van der Waals surface area contributed by atoms with Gasteiger partial charge in [-0.05, 0) is 48.6 Å². The van der Waals surface area contributed by atoms with E-state index in [1.807, 2.05) is 19.1 Å². The molecular weight excluding hydrogens is 473 g/mol. The third kappa shape index (κ3) is 4.79. The average Bonchev–Trinajstić information content (AvgIpc) is 3.46. The molecule has 4 aromatic rings. The molecule has 0 radical (unpaired) electrons. The summed E-state index contributed by atoms with van der Waals surface area (Å²) >= 11 is 0. The number of benzene rings is 2. The zero-order valence-corrected chi connectivity index (χ0v) is 19.1. The van der Waals surface area contributed by atoms with Crippen LogP contribution < -0.4 is 10.6 Å². The number of rotatable bonds is 5. The largest absolute Gasteiger partial charge is 0.451 e. The molecule has 1 aliphatic rings. The second-order valence-electron chi connectivity index (χ2n) is 8.72. The Hall–Kier alpha value is -4.21. The maximum absolute atomic E-state index is 12.9. The molecule has 0 saturated heterocycles. The molecule has 2 N–H and O–H groups in total. The second kappa shape index (κ2) is 9.10. The number of nitrogens with zero attached hydrogens (tertiary/aromatic N) is 2. The van der Waals surface area contributed by atoms with Crippen molar-refractivity contribution < 1.29 is 27.2 Å². The minimum atomic E-state index is -4.58.